The van der Waals surface area contributed by atoms with Crippen LogP contribution in [0.4, 0.5) is 18.9 Å². The van der Waals surface area contributed by atoms with E-state index in [1.807, 2.05) is 24.4 Å². The maximum atomic E-state index is 12.9. The number of rotatable bonds is 5. The Labute approximate surface area is 205 Å². The monoisotopic (exact) mass is 494 g/mol. The van der Waals surface area contributed by atoms with E-state index in [2.05, 4.69) is 43.4 Å². The molecule has 0 radical (unpaired) electrons. The maximum Gasteiger partial charge on any atom is 0.433 e. The van der Waals surface area contributed by atoms with Gasteiger partial charge in [0.2, 0.25) is 0 Å². The van der Waals surface area contributed by atoms with Crippen LogP contribution in [0.25, 0.3) is 22.0 Å². The lowest BCUT2D eigenvalue weighted by atomic mass is 9.98. The predicted octanol–water partition coefficient (Wildman–Crippen LogP) is 5.52. The largest absolute Gasteiger partial charge is 0.433 e. The molecule has 186 valence electrons. The van der Waals surface area contributed by atoms with Gasteiger partial charge in [-0.15, -0.1) is 0 Å². The molecule has 0 unspecified atom stereocenters. The van der Waals surface area contributed by atoms with Gasteiger partial charge in [-0.25, -0.2) is 4.98 Å². The number of carbonyl (C=O) groups is 1. The number of pyridine rings is 2. The summed E-state index contributed by atoms with van der Waals surface area (Å²) in [5.41, 5.74) is 2.86. The van der Waals surface area contributed by atoms with Gasteiger partial charge in [0.15, 0.2) is 5.69 Å². The van der Waals surface area contributed by atoms with Crippen molar-refractivity contribution < 1.29 is 18.0 Å². The quantitative estimate of drug-likeness (QED) is 0.381. The van der Waals surface area contributed by atoms with Gasteiger partial charge in [0.05, 0.1) is 17.4 Å². The Morgan fingerprint density at radius 1 is 1.08 bits per heavy atom. The molecular formula is C26H25F3N6O. The number of aromatic amines is 1. The molecule has 1 saturated heterocycles. The second kappa shape index (κ2) is 9.69. The van der Waals surface area contributed by atoms with Crippen LogP contribution < -0.4 is 5.32 Å². The first-order valence-electron chi connectivity index (χ1n) is 11.8. The average molecular weight is 495 g/mol. The van der Waals surface area contributed by atoms with Crippen LogP contribution in [0.1, 0.15) is 41.5 Å². The minimum Gasteiger partial charge on any atom is -0.319 e. The van der Waals surface area contributed by atoms with Gasteiger partial charge >= 0.3 is 6.18 Å². The van der Waals surface area contributed by atoms with Gasteiger partial charge in [-0.2, -0.15) is 18.3 Å². The lowest BCUT2D eigenvalue weighted by Gasteiger charge is -2.30. The van der Waals surface area contributed by atoms with Crippen molar-refractivity contribution in [2.45, 2.75) is 32.5 Å². The van der Waals surface area contributed by atoms with Gasteiger partial charge in [-0.3, -0.25) is 19.8 Å². The van der Waals surface area contributed by atoms with Gasteiger partial charge in [0, 0.05) is 29.9 Å². The standard InChI is InChI=1S/C26H25F3N6O/c1-16-6-8-35(9-7-16)15-17-10-19(13-30-12-17)18-2-4-22-21(11-18)24(34-33-22)25(36)32-20-3-5-23(31-14-20)26(27,28)29/h2-5,10-14,16H,6-9,15H2,1H3,(H,32,36)(H,33,34). The van der Waals surface area contributed by atoms with E-state index >= 15 is 0 Å². The Morgan fingerprint density at radius 2 is 1.89 bits per heavy atom. The van der Waals surface area contributed by atoms with E-state index in [4.69, 9.17) is 0 Å². The van der Waals surface area contributed by atoms with E-state index in [0.29, 0.717) is 10.9 Å². The summed E-state index contributed by atoms with van der Waals surface area (Å²) in [6, 6.07) is 9.73. The zero-order valence-electron chi connectivity index (χ0n) is 19.6. The fourth-order valence-electron chi connectivity index (χ4n) is 4.40. The number of hydrogen-bond donors (Lipinski definition) is 2. The third-order valence-corrected chi connectivity index (χ3v) is 6.50. The van der Waals surface area contributed by atoms with Gasteiger partial charge in [0.25, 0.3) is 5.91 Å². The molecule has 0 spiro atoms. The first-order valence-corrected chi connectivity index (χ1v) is 11.8. The van der Waals surface area contributed by atoms with Gasteiger partial charge in [-0.05, 0) is 73.3 Å². The van der Waals surface area contributed by atoms with Crippen molar-refractivity contribution in [3.63, 3.8) is 0 Å². The van der Waals surface area contributed by atoms with Gasteiger partial charge < -0.3 is 5.32 Å². The number of nitrogens with one attached hydrogen (secondary N) is 2. The molecule has 1 fully saturated rings. The molecule has 0 bridgehead atoms. The van der Waals surface area contributed by atoms with Crippen molar-refractivity contribution >= 4 is 22.5 Å². The van der Waals surface area contributed by atoms with Crippen molar-refractivity contribution in [2.24, 2.45) is 5.92 Å². The fourth-order valence-corrected chi connectivity index (χ4v) is 4.40. The molecule has 0 saturated carbocycles. The number of amides is 1. The average Bonchev–Trinajstić information content (AvgIpc) is 3.29. The molecule has 0 atom stereocenters. The molecule has 4 heterocycles. The number of H-pyrrole nitrogens is 1. The van der Waals surface area contributed by atoms with E-state index in [0.717, 1.165) is 60.6 Å². The molecule has 4 aromatic rings. The summed E-state index contributed by atoms with van der Waals surface area (Å²) in [5.74, 6) is 0.223. The van der Waals surface area contributed by atoms with Crippen LogP contribution in [-0.4, -0.2) is 44.1 Å². The van der Waals surface area contributed by atoms with Gasteiger partial charge in [0.1, 0.15) is 5.69 Å². The zero-order chi connectivity index (χ0) is 25.3. The molecule has 1 aromatic carbocycles. The van der Waals surface area contributed by atoms with Crippen LogP contribution in [0.5, 0.6) is 0 Å². The van der Waals surface area contributed by atoms with Crippen molar-refractivity contribution in [1.29, 1.82) is 0 Å². The topological polar surface area (TPSA) is 86.8 Å². The number of anilines is 1. The zero-order valence-corrected chi connectivity index (χ0v) is 19.6. The molecule has 1 amide bonds. The van der Waals surface area contributed by atoms with Gasteiger partial charge in [-0.1, -0.05) is 13.0 Å². The molecule has 7 nitrogen and oxygen atoms in total. The number of fused-ring (bicyclic) bond motifs is 1. The first-order chi connectivity index (χ1) is 17.3. The number of halogens is 3. The Bertz CT molecular complexity index is 1370. The minimum absolute atomic E-state index is 0.137. The first kappa shape index (κ1) is 23.9. The Hall–Kier alpha value is -3.79. The molecule has 1 aliphatic rings. The second-order valence-electron chi connectivity index (χ2n) is 9.26. The van der Waals surface area contributed by atoms with Crippen molar-refractivity contribution in [2.75, 3.05) is 18.4 Å². The van der Waals surface area contributed by atoms with Crippen molar-refractivity contribution in [3.8, 4) is 11.1 Å². The Morgan fingerprint density at radius 3 is 2.61 bits per heavy atom. The molecule has 10 heteroatoms. The maximum absolute atomic E-state index is 12.9. The van der Waals surface area contributed by atoms with E-state index in [1.54, 1.807) is 6.20 Å². The van der Waals surface area contributed by atoms with Crippen LogP contribution in [0, 0.1) is 5.92 Å². The number of carbonyl (C=O) groups excluding carboxylic acids is 1. The van der Waals surface area contributed by atoms with Crippen LogP contribution in [0.15, 0.2) is 55.0 Å². The lowest BCUT2D eigenvalue weighted by Crippen LogP contribution is -2.32. The van der Waals surface area contributed by atoms with E-state index < -0.39 is 17.8 Å². The third kappa shape index (κ3) is 5.23. The smallest absolute Gasteiger partial charge is 0.319 e. The summed E-state index contributed by atoms with van der Waals surface area (Å²) in [4.78, 5) is 23.1. The van der Waals surface area contributed by atoms with E-state index in [1.165, 1.54) is 12.8 Å². The Kier molecular flexibility index (Phi) is 6.44. The predicted molar refractivity (Wildman–Crippen MR) is 130 cm³/mol. The molecule has 2 N–H and O–H groups in total. The summed E-state index contributed by atoms with van der Waals surface area (Å²) in [5, 5.41) is 10.1. The number of nitrogens with zero attached hydrogens (tertiary/aromatic N) is 4. The summed E-state index contributed by atoms with van der Waals surface area (Å²) < 4.78 is 38.2. The molecule has 1 aliphatic heterocycles. The molecule has 36 heavy (non-hydrogen) atoms. The SMILES string of the molecule is CC1CCN(Cc2cncc(-c3ccc4[nH]nc(C(=O)Nc5ccc(C(F)(F)F)nc5)c4c3)c2)CC1. The Balaban J connectivity index is 1.35. The van der Waals surface area contributed by atoms with Crippen molar-refractivity contribution in [3.05, 3.63) is 71.9 Å². The summed E-state index contributed by atoms with van der Waals surface area (Å²) in [7, 11) is 0. The van der Waals surface area contributed by atoms with Crippen LogP contribution in [0.3, 0.4) is 0 Å². The number of benzene rings is 1. The number of likely N-dealkylation sites (tertiary alicyclic amines) is 1. The molecule has 0 aliphatic carbocycles. The fraction of sp³-hybridized carbons (Fsp3) is 0.308. The highest BCUT2D eigenvalue weighted by atomic mass is 19.4. The summed E-state index contributed by atoms with van der Waals surface area (Å²) >= 11 is 0. The number of alkyl halides is 3. The number of piperidine rings is 1. The molecular weight excluding hydrogens is 469 g/mol. The molecule has 5 rings (SSSR count). The second-order valence-corrected chi connectivity index (χ2v) is 9.26. The third-order valence-electron chi connectivity index (χ3n) is 6.50. The lowest BCUT2D eigenvalue weighted by molar-refractivity contribution is -0.141. The van der Waals surface area contributed by atoms with E-state index in [9.17, 15) is 18.0 Å². The van der Waals surface area contributed by atoms with Crippen molar-refractivity contribution in [1.82, 2.24) is 25.1 Å². The summed E-state index contributed by atoms with van der Waals surface area (Å²) in [6.07, 6.45) is 2.51. The molecule has 3 aromatic heterocycles. The van der Waals surface area contributed by atoms with Crippen LogP contribution >= 0.6 is 0 Å². The van der Waals surface area contributed by atoms with Crippen LogP contribution in [-0.2, 0) is 12.7 Å². The van der Waals surface area contributed by atoms with Crippen LogP contribution in [0.2, 0.25) is 0 Å². The number of hydrogen-bond acceptors (Lipinski definition) is 5. The highest BCUT2D eigenvalue weighted by Gasteiger charge is 2.32. The highest BCUT2D eigenvalue weighted by Crippen LogP contribution is 2.29. The number of aromatic nitrogens is 4. The van der Waals surface area contributed by atoms with E-state index in [-0.39, 0.29) is 11.4 Å². The minimum atomic E-state index is -4.55. The normalized spacial score (nSPS) is 15.3. The summed E-state index contributed by atoms with van der Waals surface area (Å²) in [6.45, 7) is 5.30. The highest BCUT2D eigenvalue weighted by molar-refractivity contribution is 6.11.